The van der Waals surface area contributed by atoms with Crippen LogP contribution in [-0.4, -0.2) is 48.5 Å². The molecule has 1 unspecified atom stereocenters. The van der Waals surface area contributed by atoms with E-state index < -0.39 is 0 Å². The molecular formula is C13H24ClNO2S. The van der Waals surface area contributed by atoms with Crippen LogP contribution in [-0.2, 0) is 4.74 Å². The van der Waals surface area contributed by atoms with Gasteiger partial charge in [-0.3, -0.25) is 0 Å². The van der Waals surface area contributed by atoms with Gasteiger partial charge in [0.2, 0.25) is 0 Å². The fourth-order valence-electron chi connectivity index (χ4n) is 1.25. The maximum absolute atomic E-state index is 8.65. The first-order valence-corrected chi connectivity index (χ1v) is 7.55. The maximum Gasteiger partial charge on any atom is 0.0698 e. The Labute approximate surface area is 120 Å². The summed E-state index contributed by atoms with van der Waals surface area (Å²) in [5, 5.41) is 9.62. The number of nitrogens with zero attached hydrogens (tertiary/aromatic N) is 1. The van der Waals surface area contributed by atoms with Gasteiger partial charge in [-0.05, 0) is 6.42 Å². The van der Waals surface area contributed by atoms with Gasteiger partial charge in [-0.2, -0.15) is 0 Å². The van der Waals surface area contributed by atoms with Crippen molar-refractivity contribution in [3.63, 3.8) is 0 Å². The average molecular weight is 294 g/mol. The van der Waals surface area contributed by atoms with Crippen LogP contribution < -0.4 is 0 Å². The van der Waals surface area contributed by atoms with E-state index in [1.165, 1.54) is 0 Å². The standard InChI is InChI=1S/C13H24ClNO2S/c1-11(10-17-8-7-16)12(2)15(4)13(3)18-9-5-6-14/h11,16H,2-3,5-10H2,1,4H3. The molecule has 0 aliphatic heterocycles. The van der Waals surface area contributed by atoms with Crippen molar-refractivity contribution in [3.05, 3.63) is 23.9 Å². The van der Waals surface area contributed by atoms with E-state index in [4.69, 9.17) is 21.4 Å². The minimum atomic E-state index is 0.0516. The number of aliphatic hydroxyl groups is 1. The van der Waals surface area contributed by atoms with Crippen molar-refractivity contribution in [2.24, 2.45) is 5.92 Å². The van der Waals surface area contributed by atoms with Crippen LogP contribution in [0.5, 0.6) is 0 Å². The second-order valence-corrected chi connectivity index (χ2v) is 5.58. The number of thioether (sulfide) groups is 1. The monoisotopic (exact) mass is 293 g/mol. The van der Waals surface area contributed by atoms with Crippen molar-refractivity contribution in [2.75, 3.05) is 38.5 Å². The van der Waals surface area contributed by atoms with E-state index in [0.29, 0.717) is 19.1 Å². The van der Waals surface area contributed by atoms with Gasteiger partial charge in [-0.15, -0.1) is 23.4 Å². The summed E-state index contributed by atoms with van der Waals surface area (Å²) in [6.07, 6.45) is 0.973. The van der Waals surface area contributed by atoms with Gasteiger partial charge in [-0.25, -0.2) is 0 Å². The molecule has 18 heavy (non-hydrogen) atoms. The van der Waals surface area contributed by atoms with Crippen LogP contribution in [0.2, 0.25) is 0 Å². The van der Waals surface area contributed by atoms with Gasteiger partial charge in [0, 0.05) is 30.3 Å². The SMILES string of the molecule is C=C(SCCCCl)N(C)C(=C)C(C)COCCO. The normalized spacial score (nSPS) is 12.2. The molecule has 0 amide bonds. The zero-order valence-electron chi connectivity index (χ0n) is 11.3. The number of ether oxygens (including phenoxy) is 1. The molecule has 106 valence electrons. The molecular weight excluding hydrogens is 270 g/mol. The summed E-state index contributed by atoms with van der Waals surface area (Å²) in [5.74, 6) is 1.85. The lowest BCUT2D eigenvalue weighted by Crippen LogP contribution is -2.22. The van der Waals surface area contributed by atoms with Crippen LogP contribution in [0.4, 0.5) is 0 Å². The molecule has 0 bridgehead atoms. The molecule has 1 atom stereocenters. The summed E-state index contributed by atoms with van der Waals surface area (Å²) in [6.45, 7) is 11.1. The quantitative estimate of drug-likeness (QED) is 0.469. The van der Waals surface area contributed by atoms with Crippen LogP contribution in [0.25, 0.3) is 0 Å². The van der Waals surface area contributed by atoms with Crippen molar-refractivity contribution < 1.29 is 9.84 Å². The summed E-state index contributed by atoms with van der Waals surface area (Å²) in [6, 6.07) is 0. The third kappa shape index (κ3) is 7.31. The average Bonchev–Trinajstić information content (AvgIpc) is 2.37. The van der Waals surface area contributed by atoms with Crippen molar-refractivity contribution in [1.82, 2.24) is 4.90 Å². The predicted octanol–water partition coefficient (Wildman–Crippen LogP) is 2.91. The number of hydrogen-bond donors (Lipinski definition) is 1. The van der Waals surface area contributed by atoms with Crippen LogP contribution >= 0.6 is 23.4 Å². The zero-order chi connectivity index (χ0) is 14.0. The molecule has 0 aromatic carbocycles. The first-order chi connectivity index (χ1) is 8.54. The highest BCUT2D eigenvalue weighted by Crippen LogP contribution is 2.24. The number of hydrogen-bond acceptors (Lipinski definition) is 4. The Morgan fingerprint density at radius 1 is 1.50 bits per heavy atom. The fraction of sp³-hybridized carbons (Fsp3) is 0.692. The summed E-state index contributed by atoms with van der Waals surface area (Å²) >= 11 is 7.33. The van der Waals surface area contributed by atoms with Gasteiger partial charge >= 0.3 is 0 Å². The third-order valence-corrected chi connectivity index (χ3v) is 3.89. The summed E-state index contributed by atoms with van der Waals surface area (Å²) in [7, 11) is 1.96. The highest BCUT2D eigenvalue weighted by atomic mass is 35.5. The van der Waals surface area contributed by atoms with Gasteiger partial charge in [0.25, 0.3) is 0 Å². The lowest BCUT2D eigenvalue weighted by atomic mass is 10.1. The van der Waals surface area contributed by atoms with Crippen molar-refractivity contribution >= 4 is 23.4 Å². The topological polar surface area (TPSA) is 32.7 Å². The molecule has 0 heterocycles. The highest BCUT2D eigenvalue weighted by Gasteiger charge is 2.13. The molecule has 0 aromatic heterocycles. The third-order valence-electron chi connectivity index (χ3n) is 2.52. The molecule has 0 rings (SSSR count). The molecule has 0 spiro atoms. The Kier molecular flexibility index (Phi) is 10.6. The summed E-state index contributed by atoms with van der Waals surface area (Å²) in [5.41, 5.74) is 0.969. The molecule has 3 nitrogen and oxygen atoms in total. The zero-order valence-corrected chi connectivity index (χ0v) is 12.9. The summed E-state index contributed by atoms with van der Waals surface area (Å²) < 4.78 is 5.30. The van der Waals surface area contributed by atoms with E-state index in [1.807, 2.05) is 18.9 Å². The van der Waals surface area contributed by atoms with E-state index in [9.17, 15) is 0 Å². The number of alkyl halides is 1. The Balaban J connectivity index is 4.02. The molecule has 1 N–H and O–H groups in total. The van der Waals surface area contributed by atoms with Gasteiger partial charge in [0.15, 0.2) is 0 Å². The van der Waals surface area contributed by atoms with E-state index >= 15 is 0 Å². The van der Waals surface area contributed by atoms with Gasteiger partial charge < -0.3 is 14.7 Å². The maximum atomic E-state index is 8.65. The van der Waals surface area contributed by atoms with E-state index in [0.717, 1.165) is 22.9 Å². The van der Waals surface area contributed by atoms with E-state index in [-0.39, 0.29) is 12.5 Å². The first-order valence-electron chi connectivity index (χ1n) is 6.03. The smallest absolute Gasteiger partial charge is 0.0698 e. The lowest BCUT2D eigenvalue weighted by Gasteiger charge is -2.27. The minimum absolute atomic E-state index is 0.0516. The molecule has 5 heteroatoms. The van der Waals surface area contributed by atoms with Gasteiger partial charge in [0.1, 0.15) is 0 Å². The van der Waals surface area contributed by atoms with Crippen LogP contribution in [0.1, 0.15) is 13.3 Å². The first kappa shape index (κ1) is 17.8. The molecule has 0 fully saturated rings. The van der Waals surface area contributed by atoms with Crippen LogP contribution in [0.3, 0.4) is 0 Å². The number of aliphatic hydroxyl groups excluding tert-OH is 1. The number of rotatable bonds is 11. The second kappa shape index (κ2) is 10.7. The Morgan fingerprint density at radius 2 is 2.17 bits per heavy atom. The summed E-state index contributed by atoms with van der Waals surface area (Å²) in [4.78, 5) is 1.99. The Bertz CT molecular complexity index is 261. The van der Waals surface area contributed by atoms with E-state index in [2.05, 4.69) is 13.2 Å². The van der Waals surface area contributed by atoms with Crippen molar-refractivity contribution in [3.8, 4) is 0 Å². The van der Waals surface area contributed by atoms with Gasteiger partial charge in [-0.1, -0.05) is 20.1 Å². The van der Waals surface area contributed by atoms with Crippen LogP contribution in [0, 0.1) is 5.92 Å². The molecule has 0 aliphatic carbocycles. The molecule has 0 saturated carbocycles. The molecule has 0 saturated heterocycles. The molecule has 0 radical (unpaired) electrons. The minimum Gasteiger partial charge on any atom is -0.394 e. The molecule has 0 aromatic rings. The van der Waals surface area contributed by atoms with Gasteiger partial charge in [0.05, 0.1) is 24.8 Å². The van der Waals surface area contributed by atoms with E-state index in [1.54, 1.807) is 11.8 Å². The largest absolute Gasteiger partial charge is 0.394 e. The fourth-order valence-corrected chi connectivity index (χ4v) is 2.38. The molecule has 0 aliphatic rings. The number of halogens is 1. The van der Waals surface area contributed by atoms with Crippen molar-refractivity contribution in [1.29, 1.82) is 0 Å². The Hall–Kier alpha value is -0.160. The lowest BCUT2D eigenvalue weighted by molar-refractivity contribution is 0.0746. The second-order valence-electron chi connectivity index (χ2n) is 4.03. The van der Waals surface area contributed by atoms with Crippen molar-refractivity contribution in [2.45, 2.75) is 13.3 Å². The predicted molar refractivity (Wildman–Crippen MR) is 80.9 cm³/mol. The Morgan fingerprint density at radius 3 is 2.72 bits per heavy atom. The van der Waals surface area contributed by atoms with Crippen LogP contribution in [0.15, 0.2) is 23.9 Å². The highest BCUT2D eigenvalue weighted by molar-refractivity contribution is 8.02.